The molecule has 0 bridgehead atoms. The van der Waals surface area contributed by atoms with E-state index in [1.165, 1.54) is 23.7 Å². The summed E-state index contributed by atoms with van der Waals surface area (Å²) < 4.78 is 31.3. The molecule has 104 valence electrons. The number of aliphatic hydroxyl groups is 1. The zero-order chi connectivity index (χ0) is 13.9. The number of sulfonamides is 1. The Kier molecular flexibility index (Phi) is 4.30. The lowest BCUT2D eigenvalue weighted by molar-refractivity contribution is 0.285. The van der Waals surface area contributed by atoms with Crippen LogP contribution in [0.3, 0.4) is 0 Å². The summed E-state index contributed by atoms with van der Waals surface area (Å²) in [5, 5.41) is 12.4. The molecule has 0 atom stereocenters. The predicted octanol–water partition coefficient (Wildman–Crippen LogP) is 0.453. The molecule has 9 heteroatoms. The zero-order valence-corrected chi connectivity index (χ0v) is 11.8. The van der Waals surface area contributed by atoms with Crippen LogP contribution >= 0.6 is 11.3 Å². The van der Waals surface area contributed by atoms with Crippen LogP contribution in [-0.2, 0) is 23.1 Å². The molecule has 0 radical (unpaired) electrons. The summed E-state index contributed by atoms with van der Waals surface area (Å²) in [5.74, 6) is 0.376. The number of aryl methyl sites for hydroxylation is 1. The Labute approximate surface area is 114 Å². The Morgan fingerprint density at radius 3 is 2.89 bits per heavy atom. The monoisotopic (exact) mass is 303 g/mol. The maximum absolute atomic E-state index is 12.1. The van der Waals surface area contributed by atoms with Crippen LogP contribution in [0, 0.1) is 6.92 Å². The molecule has 0 aliphatic carbocycles. The van der Waals surface area contributed by atoms with Crippen LogP contribution in [0.4, 0.5) is 0 Å². The summed E-state index contributed by atoms with van der Waals surface area (Å²) in [6.07, 6.45) is 1.59. The highest BCUT2D eigenvalue weighted by atomic mass is 32.2. The van der Waals surface area contributed by atoms with Gasteiger partial charge in [0.25, 0.3) is 0 Å². The number of nitrogens with zero attached hydrogens (tertiary/aromatic N) is 2. The minimum absolute atomic E-state index is 0.164. The second kappa shape index (κ2) is 5.78. The molecular formula is C10H13N3O4S2. The van der Waals surface area contributed by atoms with Crippen LogP contribution in [0.5, 0.6) is 0 Å². The first-order valence-corrected chi connectivity index (χ1v) is 7.78. The summed E-state index contributed by atoms with van der Waals surface area (Å²) >= 11 is 1.26. The van der Waals surface area contributed by atoms with Gasteiger partial charge in [-0.2, -0.15) is 4.98 Å². The Morgan fingerprint density at radius 2 is 2.32 bits per heavy atom. The molecule has 0 aromatic carbocycles. The number of rotatable bonds is 6. The van der Waals surface area contributed by atoms with Crippen LogP contribution in [0.15, 0.2) is 21.8 Å². The van der Waals surface area contributed by atoms with E-state index in [0.717, 1.165) is 0 Å². The van der Waals surface area contributed by atoms with Gasteiger partial charge in [-0.25, -0.2) is 13.1 Å². The second-order valence-corrected chi connectivity index (χ2v) is 6.85. The fourth-order valence-electron chi connectivity index (χ4n) is 1.55. The third-order valence-corrected chi connectivity index (χ3v) is 5.16. The molecule has 7 nitrogen and oxygen atoms in total. The van der Waals surface area contributed by atoms with Crippen molar-refractivity contribution in [2.24, 2.45) is 0 Å². The predicted molar refractivity (Wildman–Crippen MR) is 68.2 cm³/mol. The van der Waals surface area contributed by atoms with Crippen LogP contribution in [0.1, 0.15) is 15.6 Å². The van der Waals surface area contributed by atoms with Crippen molar-refractivity contribution in [3.8, 4) is 0 Å². The van der Waals surface area contributed by atoms with Crippen molar-refractivity contribution in [3.63, 3.8) is 0 Å². The molecule has 0 aliphatic heterocycles. The minimum Gasteiger partial charge on any atom is -0.391 e. The SMILES string of the molecule is Cc1sc(CO)cc1S(=O)(=O)NCCc1ncno1. The number of hydrogen-bond donors (Lipinski definition) is 2. The van der Waals surface area contributed by atoms with Crippen molar-refractivity contribution in [2.75, 3.05) is 6.54 Å². The van der Waals surface area contributed by atoms with Crippen LogP contribution in [0.2, 0.25) is 0 Å². The fraction of sp³-hybridized carbons (Fsp3) is 0.400. The van der Waals surface area contributed by atoms with E-state index in [1.807, 2.05) is 0 Å². The van der Waals surface area contributed by atoms with Gasteiger partial charge in [-0.05, 0) is 13.0 Å². The average Bonchev–Trinajstić information content (AvgIpc) is 2.98. The standard InChI is InChI=1S/C10H13N3O4S2/c1-7-9(4-8(5-14)18-7)19(15,16)13-3-2-10-11-6-12-17-10/h4,6,13-14H,2-3,5H2,1H3. The van der Waals surface area contributed by atoms with Gasteiger partial charge in [-0.15, -0.1) is 11.3 Å². The number of thiophene rings is 1. The quantitative estimate of drug-likeness (QED) is 0.803. The van der Waals surface area contributed by atoms with Crippen molar-refractivity contribution in [3.05, 3.63) is 28.0 Å². The smallest absolute Gasteiger partial charge is 0.241 e. The highest BCUT2D eigenvalue weighted by Gasteiger charge is 2.19. The van der Waals surface area contributed by atoms with E-state index in [4.69, 9.17) is 9.63 Å². The van der Waals surface area contributed by atoms with Crippen molar-refractivity contribution in [1.29, 1.82) is 0 Å². The molecule has 2 aromatic rings. The van der Waals surface area contributed by atoms with E-state index in [2.05, 4.69) is 14.9 Å². The fourth-order valence-corrected chi connectivity index (χ4v) is 4.07. The molecule has 2 aromatic heterocycles. The zero-order valence-electron chi connectivity index (χ0n) is 10.2. The topological polar surface area (TPSA) is 105 Å². The van der Waals surface area contributed by atoms with E-state index < -0.39 is 10.0 Å². The molecule has 0 saturated carbocycles. The number of nitrogens with one attached hydrogen (secondary N) is 1. The lowest BCUT2D eigenvalue weighted by atomic mass is 10.4. The average molecular weight is 303 g/mol. The lowest BCUT2D eigenvalue weighted by Crippen LogP contribution is -2.26. The van der Waals surface area contributed by atoms with E-state index in [9.17, 15) is 8.42 Å². The van der Waals surface area contributed by atoms with Gasteiger partial charge in [0.1, 0.15) is 0 Å². The molecule has 0 unspecified atom stereocenters. The second-order valence-electron chi connectivity index (χ2n) is 3.77. The van der Waals surface area contributed by atoms with Gasteiger partial charge < -0.3 is 9.63 Å². The summed E-state index contributed by atoms with van der Waals surface area (Å²) in [4.78, 5) is 5.27. The Balaban J connectivity index is 2.03. The first kappa shape index (κ1) is 14.1. The van der Waals surface area contributed by atoms with Gasteiger partial charge in [-0.1, -0.05) is 5.16 Å². The summed E-state index contributed by atoms with van der Waals surface area (Å²) in [5.41, 5.74) is 0. The van der Waals surface area contributed by atoms with E-state index >= 15 is 0 Å². The normalized spacial score (nSPS) is 11.9. The van der Waals surface area contributed by atoms with Gasteiger partial charge in [0.2, 0.25) is 15.9 Å². The van der Waals surface area contributed by atoms with E-state index in [0.29, 0.717) is 22.1 Å². The molecule has 2 rings (SSSR count). The van der Waals surface area contributed by atoms with Crippen LogP contribution in [0.25, 0.3) is 0 Å². The Bertz CT molecular complexity index is 634. The Hall–Kier alpha value is -1.29. The van der Waals surface area contributed by atoms with Crippen LogP contribution < -0.4 is 4.72 Å². The van der Waals surface area contributed by atoms with Crippen LogP contribution in [-0.4, -0.2) is 30.2 Å². The minimum atomic E-state index is -3.57. The molecule has 0 fully saturated rings. The molecule has 2 heterocycles. The van der Waals surface area contributed by atoms with Crippen molar-refractivity contribution < 1.29 is 18.0 Å². The Morgan fingerprint density at radius 1 is 1.53 bits per heavy atom. The maximum atomic E-state index is 12.1. The van der Waals surface area contributed by atoms with Crippen molar-refractivity contribution in [1.82, 2.24) is 14.9 Å². The van der Waals surface area contributed by atoms with Gasteiger partial charge in [-0.3, -0.25) is 0 Å². The maximum Gasteiger partial charge on any atom is 0.241 e. The molecule has 19 heavy (non-hydrogen) atoms. The first-order valence-electron chi connectivity index (χ1n) is 5.48. The van der Waals surface area contributed by atoms with Crippen molar-refractivity contribution in [2.45, 2.75) is 24.8 Å². The van der Waals surface area contributed by atoms with Gasteiger partial charge in [0.15, 0.2) is 6.33 Å². The van der Waals surface area contributed by atoms with Gasteiger partial charge >= 0.3 is 0 Å². The largest absolute Gasteiger partial charge is 0.391 e. The molecule has 0 spiro atoms. The van der Waals surface area contributed by atoms with E-state index in [1.54, 1.807) is 6.92 Å². The van der Waals surface area contributed by atoms with Crippen molar-refractivity contribution >= 4 is 21.4 Å². The first-order chi connectivity index (χ1) is 9.03. The summed E-state index contributed by atoms with van der Waals surface area (Å²) in [6.45, 7) is 1.72. The number of hydrogen-bond acceptors (Lipinski definition) is 7. The highest BCUT2D eigenvalue weighted by Crippen LogP contribution is 2.25. The lowest BCUT2D eigenvalue weighted by Gasteiger charge is -2.04. The third kappa shape index (κ3) is 3.38. The molecule has 2 N–H and O–H groups in total. The summed E-state index contributed by atoms with van der Waals surface area (Å²) in [7, 11) is -3.57. The molecule has 0 saturated heterocycles. The molecular weight excluding hydrogens is 290 g/mol. The van der Waals surface area contributed by atoms with E-state index in [-0.39, 0.29) is 18.0 Å². The number of aliphatic hydroxyl groups excluding tert-OH is 1. The molecule has 0 aliphatic rings. The molecule has 0 amide bonds. The highest BCUT2D eigenvalue weighted by molar-refractivity contribution is 7.89. The van der Waals surface area contributed by atoms with Gasteiger partial charge in [0.05, 0.1) is 11.5 Å². The summed E-state index contributed by atoms with van der Waals surface area (Å²) in [6, 6.07) is 1.48. The number of aromatic nitrogens is 2. The third-order valence-electron chi connectivity index (χ3n) is 2.41. The van der Waals surface area contributed by atoms with Gasteiger partial charge in [0, 0.05) is 22.7 Å².